The molecule has 4 aromatic rings. The Morgan fingerprint density at radius 2 is 1.48 bits per heavy atom. The molecule has 8 heteroatoms. The number of amides is 1. The fourth-order valence-corrected chi connectivity index (χ4v) is 5.44. The van der Waals surface area contributed by atoms with Gasteiger partial charge in [0.25, 0.3) is 0 Å². The molecule has 0 aliphatic rings. The summed E-state index contributed by atoms with van der Waals surface area (Å²) >= 11 is 21.1. The molecule has 3 aromatic carbocycles. The highest BCUT2D eigenvalue weighted by atomic mass is 35.5. The van der Waals surface area contributed by atoms with E-state index in [4.69, 9.17) is 39.8 Å². The Bertz CT molecular complexity index is 1160. The first-order valence-electron chi connectivity index (χ1n) is 9.20. The van der Waals surface area contributed by atoms with E-state index in [2.05, 4.69) is 17.4 Å². The normalized spacial score (nSPS) is 10.8. The lowest BCUT2D eigenvalue weighted by molar-refractivity contribution is -0.113. The van der Waals surface area contributed by atoms with E-state index in [-0.39, 0.29) is 11.7 Å². The molecule has 1 amide bonds. The van der Waals surface area contributed by atoms with Crippen molar-refractivity contribution in [3.8, 4) is 21.7 Å². The molecule has 0 aliphatic carbocycles. The van der Waals surface area contributed by atoms with Crippen LogP contribution in [-0.2, 0) is 4.79 Å². The first-order chi connectivity index (χ1) is 15.0. The van der Waals surface area contributed by atoms with Gasteiger partial charge in [0.15, 0.2) is 4.34 Å². The van der Waals surface area contributed by atoms with Crippen molar-refractivity contribution in [3.05, 3.63) is 87.9 Å². The van der Waals surface area contributed by atoms with Crippen LogP contribution in [0.1, 0.15) is 0 Å². The summed E-state index contributed by atoms with van der Waals surface area (Å²) < 4.78 is 0.813. The van der Waals surface area contributed by atoms with Crippen LogP contribution in [0, 0.1) is 0 Å². The SMILES string of the molecule is O=C(CSc1nc(-c2ccccc2)c(-c2ccccc2)s1)Nc1cc(Cl)c(Cl)cc1Cl. The summed E-state index contributed by atoms with van der Waals surface area (Å²) in [5.74, 6) is -0.0185. The first-order valence-corrected chi connectivity index (χ1v) is 12.1. The molecular formula is C23H15Cl3N2OS2. The third kappa shape index (κ3) is 5.43. The van der Waals surface area contributed by atoms with Gasteiger partial charge in [0, 0.05) is 5.56 Å². The molecule has 0 aliphatic heterocycles. The van der Waals surface area contributed by atoms with Gasteiger partial charge >= 0.3 is 0 Å². The van der Waals surface area contributed by atoms with Crippen LogP contribution in [0.4, 0.5) is 5.69 Å². The minimum Gasteiger partial charge on any atom is -0.324 e. The first kappa shape index (κ1) is 22.2. The number of nitrogens with zero attached hydrogens (tertiary/aromatic N) is 1. The predicted octanol–water partition coefficient (Wildman–Crippen LogP) is 8.17. The standard InChI is InChI=1S/C23H15Cl3N2OS2/c24-16-11-18(26)19(12-17(16)25)27-20(29)13-30-23-28-21(14-7-3-1-4-8-14)22(31-23)15-9-5-2-6-10-15/h1-12H,13H2,(H,27,29). The van der Waals surface area contributed by atoms with Gasteiger partial charge in [-0.05, 0) is 17.7 Å². The second kappa shape index (κ2) is 10.1. The highest BCUT2D eigenvalue weighted by Gasteiger charge is 2.16. The molecule has 4 rings (SSSR count). The lowest BCUT2D eigenvalue weighted by Crippen LogP contribution is -2.14. The largest absolute Gasteiger partial charge is 0.324 e. The van der Waals surface area contributed by atoms with E-state index >= 15 is 0 Å². The van der Waals surface area contributed by atoms with Crippen molar-refractivity contribution in [1.29, 1.82) is 0 Å². The van der Waals surface area contributed by atoms with Gasteiger partial charge in [-0.25, -0.2) is 4.98 Å². The highest BCUT2D eigenvalue weighted by molar-refractivity contribution is 8.01. The number of thioether (sulfide) groups is 1. The van der Waals surface area contributed by atoms with Crippen LogP contribution in [0.25, 0.3) is 21.7 Å². The number of hydrogen-bond acceptors (Lipinski definition) is 4. The van der Waals surface area contributed by atoms with Crippen molar-refractivity contribution in [2.45, 2.75) is 4.34 Å². The van der Waals surface area contributed by atoms with Crippen molar-refractivity contribution in [2.75, 3.05) is 11.1 Å². The number of aromatic nitrogens is 1. The van der Waals surface area contributed by atoms with E-state index in [0.717, 1.165) is 26.0 Å². The molecule has 1 aromatic heterocycles. The number of carbonyl (C=O) groups excluding carboxylic acids is 1. The highest BCUT2D eigenvalue weighted by Crippen LogP contribution is 2.40. The van der Waals surface area contributed by atoms with Gasteiger partial charge < -0.3 is 5.32 Å². The van der Waals surface area contributed by atoms with E-state index in [1.54, 1.807) is 17.4 Å². The van der Waals surface area contributed by atoms with Gasteiger partial charge in [0.2, 0.25) is 5.91 Å². The molecule has 156 valence electrons. The third-order valence-corrected chi connectivity index (χ3v) is 7.58. The molecule has 0 unspecified atom stereocenters. The average Bonchev–Trinajstić information content (AvgIpc) is 3.22. The molecule has 0 spiro atoms. The molecule has 0 fully saturated rings. The topological polar surface area (TPSA) is 42.0 Å². The maximum Gasteiger partial charge on any atom is 0.234 e. The van der Waals surface area contributed by atoms with Gasteiger partial charge in [-0.1, -0.05) is 107 Å². The Morgan fingerprint density at radius 1 is 0.871 bits per heavy atom. The fraction of sp³-hybridized carbons (Fsp3) is 0.0435. The number of anilines is 1. The van der Waals surface area contributed by atoms with Gasteiger partial charge in [-0.3, -0.25) is 4.79 Å². The zero-order valence-corrected chi connectivity index (χ0v) is 19.8. The number of benzene rings is 3. The molecule has 1 N–H and O–H groups in total. The van der Waals surface area contributed by atoms with Crippen LogP contribution in [0.15, 0.2) is 77.1 Å². The van der Waals surface area contributed by atoms with Crippen LogP contribution < -0.4 is 5.32 Å². The molecule has 0 saturated heterocycles. The Hall–Kier alpha value is -2.02. The van der Waals surface area contributed by atoms with Crippen LogP contribution in [0.3, 0.4) is 0 Å². The second-order valence-electron chi connectivity index (χ2n) is 6.47. The predicted molar refractivity (Wildman–Crippen MR) is 134 cm³/mol. The number of thiazole rings is 1. The summed E-state index contributed by atoms with van der Waals surface area (Å²) in [4.78, 5) is 18.4. The summed E-state index contributed by atoms with van der Waals surface area (Å²) in [5, 5.41) is 3.77. The quantitative estimate of drug-likeness (QED) is 0.212. The maximum atomic E-state index is 12.5. The average molecular weight is 506 g/mol. The van der Waals surface area contributed by atoms with E-state index in [0.29, 0.717) is 20.8 Å². The van der Waals surface area contributed by atoms with Crippen molar-refractivity contribution >= 4 is 69.5 Å². The van der Waals surface area contributed by atoms with Crippen LogP contribution >= 0.6 is 57.9 Å². The second-order valence-corrected chi connectivity index (χ2v) is 9.92. The van der Waals surface area contributed by atoms with E-state index in [9.17, 15) is 4.79 Å². The number of nitrogens with one attached hydrogen (secondary N) is 1. The number of rotatable bonds is 6. The molecule has 0 radical (unpaired) electrons. The Kier molecular flexibility index (Phi) is 7.20. The minimum absolute atomic E-state index is 0.187. The van der Waals surface area contributed by atoms with E-state index in [1.165, 1.54) is 17.8 Å². The van der Waals surface area contributed by atoms with E-state index < -0.39 is 0 Å². The molecule has 0 atom stereocenters. The van der Waals surface area contributed by atoms with Crippen molar-refractivity contribution in [1.82, 2.24) is 4.98 Å². The fourth-order valence-electron chi connectivity index (χ4n) is 2.87. The summed E-state index contributed by atoms with van der Waals surface area (Å²) in [5.41, 5.74) is 3.47. The number of carbonyl (C=O) groups is 1. The summed E-state index contributed by atoms with van der Waals surface area (Å²) in [6, 6.07) is 23.2. The number of halogens is 3. The van der Waals surface area contributed by atoms with Crippen LogP contribution in [0.2, 0.25) is 15.1 Å². The van der Waals surface area contributed by atoms with Gasteiger partial charge in [0.05, 0.1) is 37.1 Å². The van der Waals surface area contributed by atoms with Gasteiger partial charge in [0.1, 0.15) is 0 Å². The van der Waals surface area contributed by atoms with E-state index in [1.807, 2.05) is 48.5 Å². The maximum absolute atomic E-state index is 12.5. The number of hydrogen-bond donors (Lipinski definition) is 1. The molecule has 0 bridgehead atoms. The van der Waals surface area contributed by atoms with Crippen molar-refractivity contribution in [2.24, 2.45) is 0 Å². The van der Waals surface area contributed by atoms with Crippen LogP contribution in [0.5, 0.6) is 0 Å². The zero-order chi connectivity index (χ0) is 21.8. The monoisotopic (exact) mass is 504 g/mol. The Balaban J connectivity index is 1.53. The molecule has 31 heavy (non-hydrogen) atoms. The lowest BCUT2D eigenvalue weighted by atomic mass is 10.1. The molecule has 3 nitrogen and oxygen atoms in total. The minimum atomic E-state index is -0.206. The Morgan fingerprint density at radius 3 is 2.16 bits per heavy atom. The zero-order valence-electron chi connectivity index (χ0n) is 15.9. The summed E-state index contributed by atoms with van der Waals surface area (Å²) in [6.45, 7) is 0. The molecule has 1 heterocycles. The van der Waals surface area contributed by atoms with Crippen LogP contribution in [-0.4, -0.2) is 16.6 Å². The summed E-state index contributed by atoms with van der Waals surface area (Å²) in [7, 11) is 0. The van der Waals surface area contributed by atoms with Gasteiger partial charge in [-0.2, -0.15) is 0 Å². The van der Waals surface area contributed by atoms with Crippen molar-refractivity contribution < 1.29 is 4.79 Å². The molecular weight excluding hydrogens is 491 g/mol. The lowest BCUT2D eigenvalue weighted by Gasteiger charge is -2.08. The molecule has 0 saturated carbocycles. The van der Waals surface area contributed by atoms with Crippen molar-refractivity contribution in [3.63, 3.8) is 0 Å². The smallest absolute Gasteiger partial charge is 0.234 e. The third-order valence-electron chi connectivity index (χ3n) is 4.30. The van der Waals surface area contributed by atoms with Gasteiger partial charge in [-0.15, -0.1) is 11.3 Å². The summed E-state index contributed by atoms with van der Waals surface area (Å²) in [6.07, 6.45) is 0. The Labute approximate surface area is 203 Å².